The smallest absolute Gasteiger partial charge is 0.194 e. The minimum atomic E-state index is 0. The third kappa shape index (κ3) is 7.30. The van der Waals surface area contributed by atoms with E-state index in [0.29, 0.717) is 0 Å². The van der Waals surface area contributed by atoms with E-state index < -0.39 is 0 Å². The minimum Gasteiger partial charge on any atom is -0.375 e. The Hall–Kier alpha value is -0.900. The number of rotatable bonds is 5. The van der Waals surface area contributed by atoms with Crippen molar-refractivity contribution >= 4 is 29.9 Å². The van der Waals surface area contributed by atoms with Gasteiger partial charge in [0.05, 0.1) is 12.7 Å². The van der Waals surface area contributed by atoms with Crippen molar-refractivity contribution in [2.75, 3.05) is 46.4 Å². The first-order valence-corrected chi connectivity index (χ1v) is 11.8. The maximum Gasteiger partial charge on any atom is 0.194 e. The van der Waals surface area contributed by atoms with Crippen LogP contribution in [0.5, 0.6) is 0 Å². The summed E-state index contributed by atoms with van der Waals surface area (Å²) in [5.41, 5.74) is 2.71. The van der Waals surface area contributed by atoms with Crippen LogP contribution in [0.3, 0.4) is 0 Å². The van der Waals surface area contributed by atoms with E-state index in [4.69, 9.17) is 9.47 Å². The zero-order valence-electron chi connectivity index (χ0n) is 18.9. The van der Waals surface area contributed by atoms with Crippen molar-refractivity contribution in [1.29, 1.82) is 0 Å². The first-order chi connectivity index (χ1) is 14.8. The van der Waals surface area contributed by atoms with Gasteiger partial charge in [-0.1, -0.05) is 37.1 Å². The lowest BCUT2D eigenvalue weighted by molar-refractivity contribution is -0.0817. The Balaban J connectivity index is 0.00000272. The second-order valence-electron chi connectivity index (χ2n) is 8.81. The Morgan fingerprint density at radius 1 is 0.935 bits per heavy atom. The Labute approximate surface area is 204 Å². The first-order valence-electron chi connectivity index (χ1n) is 11.8. The second kappa shape index (κ2) is 13.0. The molecule has 0 radical (unpaired) electrons. The molecule has 0 spiro atoms. The standard InChI is InChI=1S/C24H38N4O2.HI/c1-25-24(28-14-16-30-23(19-28)22-7-6-15-29-22)26-17-20-8-10-21(11-9-20)18-27-12-4-2-3-5-13-27;/h8-11,22-23H,2-7,12-19H2,1H3,(H,25,26);1H. The molecule has 0 amide bonds. The lowest BCUT2D eigenvalue weighted by Crippen LogP contribution is -2.53. The van der Waals surface area contributed by atoms with Gasteiger partial charge in [-0.15, -0.1) is 24.0 Å². The molecule has 1 aromatic rings. The summed E-state index contributed by atoms with van der Waals surface area (Å²) in [5.74, 6) is 0.954. The summed E-state index contributed by atoms with van der Waals surface area (Å²) in [6.07, 6.45) is 8.10. The van der Waals surface area contributed by atoms with E-state index in [2.05, 4.69) is 44.4 Å². The molecule has 2 atom stereocenters. The number of hydrogen-bond donors (Lipinski definition) is 1. The van der Waals surface area contributed by atoms with Crippen LogP contribution in [0.2, 0.25) is 0 Å². The van der Waals surface area contributed by atoms with Crippen LogP contribution in [-0.4, -0.2) is 74.4 Å². The van der Waals surface area contributed by atoms with E-state index in [1.54, 1.807) is 0 Å². The molecule has 31 heavy (non-hydrogen) atoms. The highest BCUT2D eigenvalue weighted by molar-refractivity contribution is 14.0. The topological polar surface area (TPSA) is 49.3 Å². The first kappa shape index (κ1) is 24.7. The largest absolute Gasteiger partial charge is 0.375 e. The lowest BCUT2D eigenvalue weighted by atomic mass is 10.1. The molecule has 6 nitrogen and oxygen atoms in total. The van der Waals surface area contributed by atoms with Crippen LogP contribution in [0.1, 0.15) is 49.7 Å². The molecule has 174 valence electrons. The van der Waals surface area contributed by atoms with Gasteiger partial charge in [-0.2, -0.15) is 0 Å². The van der Waals surface area contributed by atoms with Crippen LogP contribution in [0, 0.1) is 0 Å². The summed E-state index contributed by atoms with van der Waals surface area (Å²) >= 11 is 0. The highest BCUT2D eigenvalue weighted by Gasteiger charge is 2.32. The summed E-state index contributed by atoms with van der Waals surface area (Å²) in [6.45, 7) is 7.67. The Morgan fingerprint density at radius 3 is 2.32 bits per heavy atom. The number of likely N-dealkylation sites (tertiary alicyclic amines) is 1. The van der Waals surface area contributed by atoms with Gasteiger partial charge in [-0.3, -0.25) is 9.89 Å². The van der Waals surface area contributed by atoms with Gasteiger partial charge < -0.3 is 19.7 Å². The molecule has 7 heteroatoms. The number of nitrogens with zero attached hydrogens (tertiary/aromatic N) is 3. The van der Waals surface area contributed by atoms with Crippen LogP contribution in [-0.2, 0) is 22.6 Å². The van der Waals surface area contributed by atoms with Crippen molar-refractivity contribution in [2.45, 2.75) is 63.8 Å². The molecule has 0 aromatic heterocycles. The van der Waals surface area contributed by atoms with Crippen LogP contribution in [0.25, 0.3) is 0 Å². The normalized spacial score (nSPS) is 25.7. The second-order valence-corrected chi connectivity index (χ2v) is 8.81. The van der Waals surface area contributed by atoms with Crippen molar-refractivity contribution in [3.63, 3.8) is 0 Å². The zero-order chi connectivity index (χ0) is 20.6. The fourth-order valence-electron chi connectivity index (χ4n) is 4.82. The predicted molar refractivity (Wildman–Crippen MR) is 136 cm³/mol. The highest BCUT2D eigenvalue weighted by Crippen LogP contribution is 2.21. The van der Waals surface area contributed by atoms with Crippen molar-refractivity contribution in [2.24, 2.45) is 4.99 Å². The van der Waals surface area contributed by atoms with Crippen LogP contribution in [0.4, 0.5) is 0 Å². The quantitative estimate of drug-likeness (QED) is 0.350. The molecule has 3 fully saturated rings. The molecular weight excluding hydrogens is 503 g/mol. The number of hydrogen-bond acceptors (Lipinski definition) is 4. The fraction of sp³-hybridized carbons (Fsp3) is 0.708. The average Bonchev–Trinajstić information content (AvgIpc) is 3.21. The number of aliphatic imine (C=N–C) groups is 1. The molecule has 3 aliphatic heterocycles. The molecule has 0 aliphatic carbocycles. The number of nitrogens with one attached hydrogen (secondary N) is 1. The number of benzene rings is 1. The van der Waals surface area contributed by atoms with Crippen molar-refractivity contribution < 1.29 is 9.47 Å². The predicted octanol–water partition coefficient (Wildman–Crippen LogP) is 3.64. The van der Waals surface area contributed by atoms with Gasteiger partial charge in [0.15, 0.2) is 5.96 Å². The molecule has 0 saturated carbocycles. The zero-order valence-corrected chi connectivity index (χ0v) is 21.3. The van der Waals surface area contributed by atoms with Crippen molar-refractivity contribution in [1.82, 2.24) is 15.1 Å². The van der Waals surface area contributed by atoms with Gasteiger partial charge in [0.25, 0.3) is 0 Å². The third-order valence-electron chi connectivity index (χ3n) is 6.56. The van der Waals surface area contributed by atoms with Crippen LogP contribution in [0.15, 0.2) is 29.3 Å². The van der Waals surface area contributed by atoms with E-state index in [-0.39, 0.29) is 36.2 Å². The number of halogens is 1. The number of morpholine rings is 1. The Morgan fingerprint density at radius 2 is 1.65 bits per heavy atom. The van der Waals surface area contributed by atoms with E-state index in [1.165, 1.54) is 49.9 Å². The average molecular weight is 543 g/mol. The van der Waals surface area contributed by atoms with Gasteiger partial charge >= 0.3 is 0 Å². The summed E-state index contributed by atoms with van der Waals surface area (Å²) in [7, 11) is 1.86. The molecule has 3 heterocycles. The molecule has 1 N–H and O–H groups in total. The molecule has 1 aromatic carbocycles. The van der Waals surface area contributed by atoms with E-state index in [9.17, 15) is 0 Å². The van der Waals surface area contributed by atoms with E-state index >= 15 is 0 Å². The molecule has 3 aliphatic rings. The van der Waals surface area contributed by atoms with Crippen molar-refractivity contribution in [3.8, 4) is 0 Å². The molecule has 0 bridgehead atoms. The van der Waals surface area contributed by atoms with E-state index in [0.717, 1.165) is 58.2 Å². The maximum atomic E-state index is 5.98. The summed E-state index contributed by atoms with van der Waals surface area (Å²) in [4.78, 5) is 9.43. The lowest BCUT2D eigenvalue weighted by Gasteiger charge is -2.37. The molecule has 2 unspecified atom stereocenters. The van der Waals surface area contributed by atoms with Crippen molar-refractivity contribution in [3.05, 3.63) is 35.4 Å². The minimum absolute atomic E-state index is 0. The summed E-state index contributed by atoms with van der Waals surface area (Å²) in [5, 5.41) is 3.54. The van der Waals surface area contributed by atoms with Crippen LogP contribution < -0.4 is 5.32 Å². The molecule has 4 rings (SSSR count). The Kier molecular flexibility index (Phi) is 10.3. The molecular formula is C24H39IN4O2. The van der Waals surface area contributed by atoms with Gasteiger partial charge in [-0.25, -0.2) is 0 Å². The van der Waals surface area contributed by atoms with Gasteiger partial charge in [0.1, 0.15) is 6.10 Å². The summed E-state index contributed by atoms with van der Waals surface area (Å²) < 4.78 is 11.8. The SMILES string of the molecule is CN=C(NCc1ccc(CN2CCCCCC2)cc1)N1CCOC(C2CCCO2)C1.I. The highest BCUT2D eigenvalue weighted by atomic mass is 127. The third-order valence-corrected chi connectivity index (χ3v) is 6.56. The number of guanidine groups is 1. The summed E-state index contributed by atoms with van der Waals surface area (Å²) in [6, 6.07) is 9.07. The van der Waals surface area contributed by atoms with Crippen LogP contribution >= 0.6 is 24.0 Å². The van der Waals surface area contributed by atoms with Gasteiger partial charge in [0, 0.05) is 39.8 Å². The fourth-order valence-corrected chi connectivity index (χ4v) is 4.82. The number of ether oxygens (including phenoxy) is 2. The van der Waals surface area contributed by atoms with Gasteiger partial charge in [-0.05, 0) is 49.9 Å². The van der Waals surface area contributed by atoms with E-state index in [1.807, 2.05) is 7.05 Å². The van der Waals surface area contributed by atoms with Gasteiger partial charge in [0.2, 0.25) is 0 Å². The maximum absolute atomic E-state index is 5.98. The Bertz CT molecular complexity index is 671. The molecule has 3 saturated heterocycles. The monoisotopic (exact) mass is 542 g/mol.